The van der Waals surface area contributed by atoms with Crippen LogP contribution in [-0.2, 0) is 20.8 Å². The summed E-state index contributed by atoms with van der Waals surface area (Å²) in [7, 11) is 1.63. The van der Waals surface area contributed by atoms with Gasteiger partial charge in [0.25, 0.3) is 0 Å². The second-order valence-corrected chi connectivity index (χ2v) is 4.82. The largest absolute Gasteiger partial charge is 0.465 e. The molecule has 0 aromatic carbocycles. The third-order valence-corrected chi connectivity index (χ3v) is 3.03. The summed E-state index contributed by atoms with van der Waals surface area (Å²) in [4.78, 5) is 18.4. The number of anilines is 1. The van der Waals surface area contributed by atoms with Crippen LogP contribution in [0, 0.1) is 0 Å². The summed E-state index contributed by atoms with van der Waals surface area (Å²) in [5.74, 6) is -0.230. The van der Waals surface area contributed by atoms with Gasteiger partial charge in [-0.1, -0.05) is 0 Å². The lowest BCUT2D eigenvalue weighted by Crippen LogP contribution is -2.33. The van der Waals surface area contributed by atoms with Gasteiger partial charge in [-0.15, -0.1) is 23.7 Å². The smallest absolute Gasteiger partial charge is 0.320 e. The van der Waals surface area contributed by atoms with E-state index in [-0.39, 0.29) is 24.9 Å². The number of hydrogen-bond donors (Lipinski definition) is 1. The number of carbonyl (C=O) groups is 1. The maximum atomic E-state index is 11.5. The molecule has 0 aliphatic rings. The zero-order chi connectivity index (χ0) is 13.4. The second-order valence-electron chi connectivity index (χ2n) is 3.67. The highest BCUT2D eigenvalue weighted by Gasteiger charge is 2.13. The minimum absolute atomic E-state index is 0. The van der Waals surface area contributed by atoms with Crippen LogP contribution in [0.4, 0.5) is 5.13 Å². The molecule has 0 unspecified atom stereocenters. The van der Waals surface area contributed by atoms with Gasteiger partial charge in [0.2, 0.25) is 0 Å². The number of aromatic nitrogens is 1. The predicted molar refractivity (Wildman–Crippen MR) is 77.6 cm³/mol. The summed E-state index contributed by atoms with van der Waals surface area (Å²) >= 11 is 1.42. The molecule has 1 heterocycles. The summed E-state index contributed by atoms with van der Waals surface area (Å²) in [6, 6.07) is 0. The number of methoxy groups -OCH3 is 1. The van der Waals surface area contributed by atoms with Crippen LogP contribution in [0.25, 0.3) is 0 Å². The number of halogens is 1. The van der Waals surface area contributed by atoms with Gasteiger partial charge in [-0.3, -0.25) is 9.69 Å². The van der Waals surface area contributed by atoms with Crippen LogP contribution in [0.3, 0.4) is 0 Å². The molecule has 6 nitrogen and oxygen atoms in total. The second kappa shape index (κ2) is 9.96. The van der Waals surface area contributed by atoms with Gasteiger partial charge >= 0.3 is 5.97 Å². The molecule has 0 bridgehead atoms. The summed E-state index contributed by atoms with van der Waals surface area (Å²) in [5.41, 5.74) is 5.58. The average molecular weight is 310 g/mol. The van der Waals surface area contributed by atoms with E-state index in [9.17, 15) is 4.79 Å². The number of thiazole rings is 1. The van der Waals surface area contributed by atoms with E-state index in [1.807, 2.05) is 4.90 Å². The first-order valence-corrected chi connectivity index (χ1v) is 6.54. The first kappa shape index (κ1) is 18.1. The first-order chi connectivity index (χ1) is 8.65. The van der Waals surface area contributed by atoms with Crippen molar-refractivity contribution in [2.75, 3.05) is 39.1 Å². The summed E-state index contributed by atoms with van der Waals surface area (Å²) in [6.45, 7) is 4.28. The Kier molecular flexibility index (Phi) is 9.50. The van der Waals surface area contributed by atoms with Crippen molar-refractivity contribution in [3.05, 3.63) is 11.1 Å². The molecule has 0 atom stereocenters. The standard InChI is InChI=1S/C11H19N3O3S.ClH/c1-3-17-10(15)8-14(4-5-16-2)7-9-6-13-11(12)18-9;/h6H,3-5,7-8H2,1-2H3,(H2,12,13);1H. The van der Waals surface area contributed by atoms with E-state index in [1.165, 1.54) is 11.3 Å². The van der Waals surface area contributed by atoms with Crippen LogP contribution in [0.2, 0.25) is 0 Å². The maximum Gasteiger partial charge on any atom is 0.320 e. The van der Waals surface area contributed by atoms with Crippen molar-refractivity contribution in [1.82, 2.24) is 9.88 Å². The van der Waals surface area contributed by atoms with Crippen LogP contribution < -0.4 is 5.73 Å². The van der Waals surface area contributed by atoms with Crippen molar-refractivity contribution < 1.29 is 14.3 Å². The molecule has 0 aliphatic carbocycles. The molecule has 1 aromatic rings. The number of nitrogens with zero attached hydrogens (tertiary/aromatic N) is 2. The number of carbonyl (C=O) groups excluding carboxylic acids is 1. The van der Waals surface area contributed by atoms with Crippen molar-refractivity contribution in [2.24, 2.45) is 0 Å². The molecular formula is C11H20ClN3O3S. The lowest BCUT2D eigenvalue weighted by Gasteiger charge is -2.19. The van der Waals surface area contributed by atoms with Gasteiger partial charge < -0.3 is 15.2 Å². The molecule has 0 spiro atoms. The molecule has 0 fully saturated rings. The number of hydrogen-bond acceptors (Lipinski definition) is 7. The van der Waals surface area contributed by atoms with Gasteiger partial charge in [0.15, 0.2) is 5.13 Å². The molecule has 110 valence electrons. The summed E-state index contributed by atoms with van der Waals surface area (Å²) in [5, 5.41) is 0.535. The molecule has 0 saturated carbocycles. The lowest BCUT2D eigenvalue weighted by atomic mass is 10.4. The highest BCUT2D eigenvalue weighted by atomic mass is 35.5. The van der Waals surface area contributed by atoms with Crippen LogP contribution in [0.5, 0.6) is 0 Å². The monoisotopic (exact) mass is 309 g/mol. The number of rotatable bonds is 8. The number of ether oxygens (including phenoxy) is 2. The molecule has 0 radical (unpaired) electrons. The predicted octanol–water partition coefficient (Wildman–Crippen LogP) is 1.16. The van der Waals surface area contributed by atoms with Crippen molar-refractivity contribution in [1.29, 1.82) is 0 Å². The SMILES string of the molecule is CCOC(=O)CN(CCOC)Cc1cnc(N)s1.Cl. The highest BCUT2D eigenvalue weighted by Crippen LogP contribution is 2.16. The molecule has 8 heteroatoms. The fourth-order valence-corrected chi connectivity index (χ4v) is 2.17. The normalized spacial score (nSPS) is 10.3. The molecule has 0 aliphatic heterocycles. The molecule has 2 N–H and O–H groups in total. The van der Waals surface area contributed by atoms with Crippen LogP contribution in [0.15, 0.2) is 6.20 Å². The quantitative estimate of drug-likeness (QED) is 0.726. The van der Waals surface area contributed by atoms with E-state index in [1.54, 1.807) is 20.2 Å². The van der Waals surface area contributed by atoms with Gasteiger partial charge in [0.05, 0.1) is 19.8 Å². The lowest BCUT2D eigenvalue weighted by molar-refractivity contribution is -0.144. The number of nitrogen functional groups attached to an aromatic ring is 1. The van der Waals surface area contributed by atoms with Crippen molar-refractivity contribution >= 4 is 34.8 Å². The Morgan fingerprint density at radius 1 is 1.58 bits per heavy atom. The average Bonchev–Trinajstić information content (AvgIpc) is 2.72. The molecule has 0 amide bonds. The van der Waals surface area contributed by atoms with Gasteiger partial charge in [0.1, 0.15) is 0 Å². The van der Waals surface area contributed by atoms with Crippen molar-refractivity contribution in [2.45, 2.75) is 13.5 Å². The third-order valence-electron chi connectivity index (χ3n) is 2.22. The third kappa shape index (κ3) is 7.31. The molecule has 1 aromatic heterocycles. The topological polar surface area (TPSA) is 77.7 Å². The number of esters is 1. The van der Waals surface area contributed by atoms with Crippen LogP contribution in [0.1, 0.15) is 11.8 Å². The Bertz CT molecular complexity index is 376. The van der Waals surface area contributed by atoms with Gasteiger partial charge in [0, 0.05) is 31.3 Å². The van der Waals surface area contributed by atoms with Crippen molar-refractivity contribution in [3.8, 4) is 0 Å². The van der Waals surface area contributed by atoms with Gasteiger partial charge in [-0.05, 0) is 6.92 Å². The fourth-order valence-electron chi connectivity index (χ4n) is 1.44. The summed E-state index contributed by atoms with van der Waals surface area (Å²) in [6.07, 6.45) is 1.73. The molecule has 0 saturated heterocycles. The van der Waals surface area contributed by atoms with E-state index < -0.39 is 0 Å². The minimum atomic E-state index is -0.230. The molecule has 19 heavy (non-hydrogen) atoms. The van der Waals surface area contributed by atoms with E-state index >= 15 is 0 Å². The number of nitrogens with two attached hydrogens (primary N) is 1. The summed E-state index contributed by atoms with van der Waals surface area (Å²) < 4.78 is 9.96. The Labute approximate surface area is 123 Å². The fraction of sp³-hybridized carbons (Fsp3) is 0.636. The Morgan fingerprint density at radius 3 is 2.84 bits per heavy atom. The van der Waals surface area contributed by atoms with E-state index in [2.05, 4.69) is 4.98 Å². The molecule has 1 rings (SSSR count). The van der Waals surface area contributed by atoms with E-state index in [4.69, 9.17) is 15.2 Å². The van der Waals surface area contributed by atoms with Crippen LogP contribution in [-0.4, -0.2) is 49.3 Å². The van der Waals surface area contributed by atoms with E-state index in [0.717, 1.165) is 4.88 Å². The Balaban J connectivity index is 0.00000324. The van der Waals surface area contributed by atoms with Crippen LogP contribution >= 0.6 is 23.7 Å². The zero-order valence-corrected chi connectivity index (χ0v) is 12.8. The first-order valence-electron chi connectivity index (χ1n) is 5.72. The van der Waals surface area contributed by atoms with E-state index in [0.29, 0.717) is 31.4 Å². The Hall–Kier alpha value is -0.890. The Morgan fingerprint density at radius 2 is 2.32 bits per heavy atom. The molecular weight excluding hydrogens is 290 g/mol. The van der Waals surface area contributed by atoms with Gasteiger partial charge in [-0.2, -0.15) is 0 Å². The maximum absolute atomic E-state index is 11.5. The minimum Gasteiger partial charge on any atom is -0.465 e. The van der Waals surface area contributed by atoms with Crippen molar-refractivity contribution in [3.63, 3.8) is 0 Å². The van der Waals surface area contributed by atoms with Gasteiger partial charge in [-0.25, -0.2) is 4.98 Å². The zero-order valence-electron chi connectivity index (χ0n) is 11.1. The highest BCUT2D eigenvalue weighted by molar-refractivity contribution is 7.15.